The van der Waals surface area contributed by atoms with E-state index < -0.39 is 24.5 Å². The molecule has 0 amide bonds. The Morgan fingerprint density at radius 3 is 2.72 bits per heavy atom. The van der Waals surface area contributed by atoms with Gasteiger partial charge in [0.05, 0.1) is 6.33 Å². The van der Waals surface area contributed by atoms with Crippen LogP contribution in [0.3, 0.4) is 0 Å². The average molecular weight is 506 g/mol. The molecule has 3 heterocycles. The highest BCUT2D eigenvalue weighted by atomic mass is 79.9. The number of hydrogen-bond donors (Lipinski definition) is 4. The van der Waals surface area contributed by atoms with Gasteiger partial charge in [-0.1, -0.05) is 28.1 Å². The van der Waals surface area contributed by atoms with Crippen LogP contribution in [0.5, 0.6) is 0 Å². The summed E-state index contributed by atoms with van der Waals surface area (Å²) in [6.45, 7) is 4.11. The van der Waals surface area contributed by atoms with E-state index in [-0.39, 0.29) is 11.9 Å². The van der Waals surface area contributed by atoms with E-state index in [1.54, 1.807) is 4.57 Å². The van der Waals surface area contributed by atoms with Crippen LogP contribution >= 0.6 is 15.9 Å². The van der Waals surface area contributed by atoms with Gasteiger partial charge < -0.3 is 30.9 Å². The van der Waals surface area contributed by atoms with Crippen LogP contribution in [0.25, 0.3) is 11.2 Å². The molecule has 1 saturated heterocycles. The van der Waals surface area contributed by atoms with E-state index in [4.69, 9.17) is 10.5 Å². The molecule has 172 valence electrons. The first-order valence-electron chi connectivity index (χ1n) is 10.5. The normalized spacial score (nSPS) is 24.4. The minimum atomic E-state index is -1.11. The predicted octanol–water partition coefficient (Wildman–Crippen LogP) is 1.07. The monoisotopic (exact) mass is 505 g/mol. The van der Waals surface area contributed by atoms with Gasteiger partial charge >= 0.3 is 0 Å². The van der Waals surface area contributed by atoms with E-state index >= 15 is 0 Å². The third-order valence-corrected chi connectivity index (χ3v) is 6.33. The Labute approximate surface area is 194 Å². The number of anilines is 1. The van der Waals surface area contributed by atoms with E-state index in [1.807, 2.05) is 19.2 Å². The summed E-state index contributed by atoms with van der Waals surface area (Å²) in [5.41, 5.74) is 7.94. The Hall–Kier alpha value is -2.15. The van der Waals surface area contributed by atoms with Gasteiger partial charge in [-0.05, 0) is 31.7 Å². The number of imidazole rings is 1. The number of ether oxygens (including phenoxy) is 1. The summed E-state index contributed by atoms with van der Waals surface area (Å²) in [5, 5.41) is 24.7. The summed E-state index contributed by atoms with van der Waals surface area (Å²) in [6, 6.07) is 8.47. The van der Waals surface area contributed by atoms with Crippen LogP contribution in [0.15, 0.2) is 41.4 Å². The number of rotatable bonds is 8. The maximum Gasteiger partial charge on any atom is 0.167 e. The Morgan fingerprint density at radius 1 is 1.22 bits per heavy atom. The lowest BCUT2D eigenvalue weighted by atomic mass is 10.1. The van der Waals surface area contributed by atoms with Crippen LogP contribution in [0.4, 0.5) is 5.82 Å². The highest BCUT2D eigenvalue weighted by Gasteiger charge is 2.44. The molecule has 2 aromatic heterocycles. The topological polar surface area (TPSA) is 135 Å². The number of aliphatic hydroxyl groups is 2. The number of nitrogen functional groups attached to an aromatic ring is 1. The van der Waals surface area contributed by atoms with Gasteiger partial charge in [-0.2, -0.15) is 0 Å². The molecule has 0 radical (unpaired) electrons. The van der Waals surface area contributed by atoms with E-state index in [0.717, 1.165) is 17.6 Å². The third-order valence-electron chi connectivity index (χ3n) is 5.80. The molecule has 1 fully saturated rings. The Balaban J connectivity index is 1.32. The number of hydrogen-bond acceptors (Lipinski definition) is 9. The summed E-state index contributed by atoms with van der Waals surface area (Å²) in [5.74, 6) is 0.253. The van der Waals surface area contributed by atoms with Gasteiger partial charge in [0.2, 0.25) is 0 Å². The Kier molecular flexibility index (Phi) is 7.03. The first kappa shape index (κ1) is 23.0. The van der Waals surface area contributed by atoms with Gasteiger partial charge in [-0.3, -0.25) is 4.57 Å². The largest absolute Gasteiger partial charge is 0.387 e. The zero-order valence-electron chi connectivity index (χ0n) is 18.0. The Morgan fingerprint density at radius 2 is 1.97 bits per heavy atom. The fourth-order valence-electron chi connectivity index (χ4n) is 3.91. The number of benzene rings is 1. The lowest BCUT2D eigenvalue weighted by Gasteiger charge is -2.24. The van der Waals surface area contributed by atoms with Crippen LogP contribution in [-0.2, 0) is 4.74 Å². The average Bonchev–Trinajstić information content (AvgIpc) is 3.31. The SMILES string of the molecule is CC(NCCN(C)C[C@H]1O[C@@H](n2cnc3c(N)ncnc32)[C@H](O)[C@@H]1O)c1ccc(Br)cc1. The maximum absolute atomic E-state index is 10.6. The zero-order valence-corrected chi connectivity index (χ0v) is 19.6. The van der Waals surface area contributed by atoms with Crippen molar-refractivity contribution in [1.82, 2.24) is 29.7 Å². The second-order valence-electron chi connectivity index (χ2n) is 8.12. The molecule has 1 aliphatic heterocycles. The Bertz CT molecular complexity index is 1050. The van der Waals surface area contributed by atoms with Crippen molar-refractivity contribution in [3.05, 3.63) is 47.0 Å². The summed E-state index contributed by atoms with van der Waals surface area (Å²) >= 11 is 3.45. The van der Waals surface area contributed by atoms with Crippen LogP contribution in [0.2, 0.25) is 0 Å². The van der Waals surface area contributed by atoms with Gasteiger partial charge in [-0.15, -0.1) is 0 Å². The van der Waals surface area contributed by atoms with E-state index in [1.165, 1.54) is 18.2 Å². The molecule has 0 spiro atoms. The molecule has 10 nitrogen and oxygen atoms in total. The maximum atomic E-state index is 10.6. The van der Waals surface area contributed by atoms with Crippen molar-refractivity contribution in [3.8, 4) is 0 Å². The number of fused-ring (bicyclic) bond motifs is 1. The van der Waals surface area contributed by atoms with Crippen molar-refractivity contribution in [2.24, 2.45) is 0 Å². The lowest BCUT2D eigenvalue weighted by molar-refractivity contribution is -0.0420. The zero-order chi connectivity index (χ0) is 22.8. The number of aliphatic hydroxyl groups excluding tert-OH is 2. The molecular weight excluding hydrogens is 478 g/mol. The van der Waals surface area contributed by atoms with Gasteiger partial charge in [0.1, 0.15) is 30.2 Å². The van der Waals surface area contributed by atoms with Gasteiger partial charge in [0, 0.05) is 30.1 Å². The molecule has 32 heavy (non-hydrogen) atoms. The fraction of sp³-hybridized carbons (Fsp3) is 0.476. The van der Waals surface area contributed by atoms with Crippen molar-refractivity contribution in [1.29, 1.82) is 0 Å². The van der Waals surface area contributed by atoms with Crippen molar-refractivity contribution in [2.75, 3.05) is 32.4 Å². The molecule has 1 aliphatic rings. The van der Waals surface area contributed by atoms with Crippen LogP contribution < -0.4 is 11.1 Å². The van der Waals surface area contributed by atoms with Crippen LogP contribution in [0.1, 0.15) is 24.8 Å². The highest BCUT2D eigenvalue weighted by molar-refractivity contribution is 9.10. The quantitative estimate of drug-likeness (QED) is 0.354. The molecule has 0 aliphatic carbocycles. The number of halogens is 1. The molecule has 3 aromatic rings. The number of nitrogens with two attached hydrogens (primary N) is 1. The predicted molar refractivity (Wildman–Crippen MR) is 124 cm³/mol. The molecule has 5 atom stereocenters. The first-order valence-corrected chi connectivity index (χ1v) is 11.3. The second-order valence-corrected chi connectivity index (χ2v) is 9.03. The number of likely N-dealkylation sites (N-methyl/N-ethyl adjacent to an activating group) is 1. The summed E-state index contributed by atoms with van der Waals surface area (Å²) in [4.78, 5) is 14.4. The van der Waals surface area contributed by atoms with Crippen molar-refractivity contribution in [2.45, 2.75) is 37.5 Å². The molecule has 5 N–H and O–H groups in total. The molecular formula is C21H28BrN7O3. The van der Waals surface area contributed by atoms with Gasteiger partial charge in [0.15, 0.2) is 17.7 Å². The number of aromatic nitrogens is 4. The molecule has 1 aromatic carbocycles. The number of nitrogens with zero attached hydrogens (tertiary/aromatic N) is 5. The fourth-order valence-corrected chi connectivity index (χ4v) is 4.17. The van der Waals surface area contributed by atoms with E-state index in [0.29, 0.717) is 17.7 Å². The highest BCUT2D eigenvalue weighted by Crippen LogP contribution is 2.32. The smallest absolute Gasteiger partial charge is 0.167 e. The van der Waals surface area contributed by atoms with Crippen LogP contribution in [0, 0.1) is 0 Å². The lowest BCUT2D eigenvalue weighted by Crippen LogP contribution is -2.40. The van der Waals surface area contributed by atoms with Gasteiger partial charge in [0.25, 0.3) is 0 Å². The van der Waals surface area contributed by atoms with E-state index in [9.17, 15) is 10.2 Å². The van der Waals surface area contributed by atoms with Crippen molar-refractivity contribution in [3.63, 3.8) is 0 Å². The third kappa shape index (κ3) is 4.77. The molecule has 11 heteroatoms. The number of nitrogens with one attached hydrogen (secondary N) is 1. The van der Waals surface area contributed by atoms with Gasteiger partial charge in [-0.25, -0.2) is 15.0 Å². The molecule has 1 unspecified atom stereocenters. The standard InChI is InChI=1S/C21H28BrN7O3/c1-12(13-3-5-14(22)6-4-13)24-7-8-28(2)9-15-17(30)18(31)21(32-15)29-11-27-16-19(23)25-10-26-20(16)29/h3-6,10-12,15,17-18,21,24,30-31H,7-9H2,1-2H3,(H2,23,25,26)/t12?,15-,17-,18-,21-/m1/s1. The van der Waals surface area contributed by atoms with Crippen molar-refractivity contribution >= 4 is 32.9 Å². The molecule has 0 saturated carbocycles. The first-order chi connectivity index (χ1) is 15.3. The minimum Gasteiger partial charge on any atom is -0.387 e. The van der Waals surface area contributed by atoms with Crippen LogP contribution in [-0.4, -0.2) is 79.6 Å². The van der Waals surface area contributed by atoms with Crippen molar-refractivity contribution < 1.29 is 14.9 Å². The summed E-state index contributed by atoms with van der Waals surface area (Å²) < 4.78 is 8.66. The molecule has 4 rings (SSSR count). The molecule has 0 bridgehead atoms. The van der Waals surface area contributed by atoms with E-state index in [2.05, 4.69) is 60.2 Å². The summed E-state index contributed by atoms with van der Waals surface area (Å²) in [7, 11) is 1.96. The minimum absolute atomic E-state index is 0.222. The second kappa shape index (κ2) is 9.77. The summed E-state index contributed by atoms with van der Waals surface area (Å²) in [6.07, 6.45) is -0.679.